The van der Waals surface area contributed by atoms with E-state index in [4.69, 9.17) is 27.9 Å². The molecule has 0 aliphatic rings. The Morgan fingerprint density at radius 3 is 2.45 bits per heavy atom. The predicted molar refractivity (Wildman–Crippen MR) is 92.2 cm³/mol. The van der Waals surface area contributed by atoms with Crippen molar-refractivity contribution in [3.63, 3.8) is 0 Å². The highest BCUT2D eigenvalue weighted by Gasteiger charge is 2.15. The van der Waals surface area contributed by atoms with Crippen LogP contribution >= 0.6 is 55.1 Å². The van der Waals surface area contributed by atoms with Gasteiger partial charge in [0, 0.05) is 9.50 Å². The molecule has 1 atom stereocenters. The summed E-state index contributed by atoms with van der Waals surface area (Å²) < 4.78 is 7.29. The summed E-state index contributed by atoms with van der Waals surface area (Å²) in [5.74, 6) is 0.815. The zero-order valence-corrected chi connectivity index (χ0v) is 15.4. The summed E-state index contributed by atoms with van der Waals surface area (Å²) in [6.45, 7) is 2.58. The monoisotopic (exact) mass is 436 g/mol. The molecule has 20 heavy (non-hydrogen) atoms. The first-order valence-electron chi connectivity index (χ1n) is 6.04. The van der Waals surface area contributed by atoms with Crippen LogP contribution < -0.4 is 4.74 Å². The third-order valence-electron chi connectivity index (χ3n) is 2.78. The van der Waals surface area contributed by atoms with Crippen molar-refractivity contribution < 1.29 is 4.74 Å². The van der Waals surface area contributed by atoms with Crippen molar-refractivity contribution in [2.45, 2.75) is 12.3 Å². The van der Waals surface area contributed by atoms with E-state index < -0.39 is 0 Å². The smallest absolute Gasteiger partial charge is 0.133 e. The number of benzene rings is 2. The first kappa shape index (κ1) is 16.2. The van der Waals surface area contributed by atoms with Gasteiger partial charge in [0.25, 0.3) is 0 Å². The highest BCUT2D eigenvalue weighted by Crippen LogP contribution is 2.37. The van der Waals surface area contributed by atoms with Gasteiger partial charge in [-0.05, 0) is 58.2 Å². The maximum Gasteiger partial charge on any atom is 0.133 e. The second kappa shape index (κ2) is 7.17. The molecule has 0 fully saturated rings. The molecule has 0 heterocycles. The Hall–Kier alpha value is -0.220. The molecule has 0 saturated heterocycles. The quantitative estimate of drug-likeness (QED) is 0.489. The van der Waals surface area contributed by atoms with Crippen molar-refractivity contribution in [1.29, 1.82) is 0 Å². The minimum Gasteiger partial charge on any atom is -0.493 e. The number of hydrogen-bond acceptors (Lipinski definition) is 1. The van der Waals surface area contributed by atoms with E-state index in [9.17, 15) is 0 Å². The molecule has 0 spiro atoms. The summed E-state index contributed by atoms with van der Waals surface area (Å²) in [6, 6.07) is 11.5. The fraction of sp³-hybridized carbons (Fsp3) is 0.200. The van der Waals surface area contributed by atoms with E-state index in [-0.39, 0.29) is 5.38 Å². The Balaban J connectivity index is 2.33. The van der Waals surface area contributed by atoms with E-state index in [2.05, 4.69) is 31.9 Å². The van der Waals surface area contributed by atoms with Crippen LogP contribution in [-0.4, -0.2) is 6.61 Å². The van der Waals surface area contributed by atoms with Crippen LogP contribution in [0.25, 0.3) is 0 Å². The minimum atomic E-state index is -0.256. The molecule has 0 aliphatic heterocycles. The summed E-state index contributed by atoms with van der Waals surface area (Å²) in [7, 11) is 0. The largest absolute Gasteiger partial charge is 0.493 e. The molecule has 0 saturated carbocycles. The van der Waals surface area contributed by atoms with Crippen molar-refractivity contribution in [2.24, 2.45) is 0 Å². The molecule has 0 bridgehead atoms. The summed E-state index contributed by atoms with van der Waals surface area (Å²) in [6.07, 6.45) is 0. The number of halogens is 4. The van der Waals surface area contributed by atoms with Crippen LogP contribution in [0, 0.1) is 0 Å². The Morgan fingerprint density at radius 2 is 1.85 bits per heavy atom. The Morgan fingerprint density at radius 1 is 1.10 bits per heavy atom. The van der Waals surface area contributed by atoms with Crippen molar-refractivity contribution in [2.75, 3.05) is 6.61 Å². The normalized spacial score (nSPS) is 12.2. The van der Waals surface area contributed by atoms with Crippen LogP contribution in [0.4, 0.5) is 0 Å². The lowest BCUT2D eigenvalue weighted by molar-refractivity contribution is 0.338. The third-order valence-corrected chi connectivity index (χ3v) is 4.81. The van der Waals surface area contributed by atoms with Crippen LogP contribution in [0.1, 0.15) is 23.4 Å². The second-order valence-electron chi connectivity index (χ2n) is 4.15. The van der Waals surface area contributed by atoms with Gasteiger partial charge in [0.15, 0.2) is 0 Å². The molecule has 0 amide bonds. The number of ether oxygens (including phenoxy) is 1. The standard InChI is InChI=1S/C15H12Br2Cl2O/c1-2-20-14-6-3-9(7-13(14)17)15(19)11-5-4-10(18)8-12(11)16/h3-8,15H,2H2,1H3. The summed E-state index contributed by atoms with van der Waals surface area (Å²) in [4.78, 5) is 0. The molecule has 106 valence electrons. The van der Waals surface area contributed by atoms with Crippen molar-refractivity contribution in [1.82, 2.24) is 0 Å². The molecule has 1 unspecified atom stereocenters. The van der Waals surface area contributed by atoms with Crippen LogP contribution in [0.2, 0.25) is 5.02 Å². The second-order valence-corrected chi connectivity index (χ2v) is 6.73. The fourth-order valence-electron chi connectivity index (χ4n) is 1.83. The van der Waals surface area contributed by atoms with Gasteiger partial charge < -0.3 is 4.74 Å². The van der Waals surface area contributed by atoms with Crippen LogP contribution in [-0.2, 0) is 0 Å². The summed E-state index contributed by atoms with van der Waals surface area (Å²) in [5, 5.41) is 0.422. The maximum absolute atomic E-state index is 6.56. The fourth-order valence-corrected chi connectivity index (χ4v) is 3.71. The number of alkyl halides is 1. The highest BCUT2D eigenvalue weighted by atomic mass is 79.9. The van der Waals surface area contributed by atoms with E-state index >= 15 is 0 Å². The van der Waals surface area contributed by atoms with E-state index in [1.807, 2.05) is 43.3 Å². The number of rotatable bonds is 4. The Kier molecular flexibility index (Phi) is 5.79. The molecule has 0 aromatic heterocycles. The van der Waals surface area contributed by atoms with Gasteiger partial charge in [-0.15, -0.1) is 11.6 Å². The lowest BCUT2D eigenvalue weighted by atomic mass is 10.0. The summed E-state index contributed by atoms with van der Waals surface area (Å²) >= 11 is 19.5. The molecule has 2 rings (SSSR count). The van der Waals surface area contributed by atoms with E-state index in [0.717, 1.165) is 25.8 Å². The van der Waals surface area contributed by atoms with Crippen LogP contribution in [0.5, 0.6) is 5.75 Å². The lowest BCUT2D eigenvalue weighted by Crippen LogP contribution is -1.97. The predicted octanol–water partition coefficient (Wildman–Crippen LogP) is 6.59. The van der Waals surface area contributed by atoms with Gasteiger partial charge in [-0.1, -0.05) is 39.7 Å². The maximum atomic E-state index is 6.56. The zero-order chi connectivity index (χ0) is 14.7. The topological polar surface area (TPSA) is 9.23 Å². The van der Waals surface area contributed by atoms with Gasteiger partial charge in [-0.2, -0.15) is 0 Å². The van der Waals surface area contributed by atoms with Crippen LogP contribution in [0.15, 0.2) is 45.3 Å². The van der Waals surface area contributed by atoms with Gasteiger partial charge in [0.1, 0.15) is 5.75 Å². The number of hydrogen-bond donors (Lipinski definition) is 0. The van der Waals surface area contributed by atoms with Crippen molar-refractivity contribution >= 4 is 55.1 Å². The summed E-state index contributed by atoms with van der Waals surface area (Å²) in [5.41, 5.74) is 1.97. The van der Waals surface area contributed by atoms with Crippen molar-refractivity contribution in [3.8, 4) is 5.75 Å². The average Bonchev–Trinajstić information content (AvgIpc) is 2.40. The van der Waals surface area contributed by atoms with Gasteiger partial charge in [-0.3, -0.25) is 0 Å². The van der Waals surface area contributed by atoms with E-state index in [0.29, 0.717) is 11.6 Å². The van der Waals surface area contributed by atoms with E-state index in [1.54, 1.807) is 0 Å². The minimum absolute atomic E-state index is 0.256. The lowest BCUT2D eigenvalue weighted by Gasteiger charge is -2.14. The highest BCUT2D eigenvalue weighted by molar-refractivity contribution is 9.10. The molecule has 2 aromatic carbocycles. The Labute approximate surface area is 145 Å². The molecule has 0 radical (unpaired) electrons. The van der Waals surface area contributed by atoms with Gasteiger partial charge in [0.2, 0.25) is 0 Å². The first-order chi connectivity index (χ1) is 9.52. The Bertz CT molecular complexity index is 617. The van der Waals surface area contributed by atoms with Crippen molar-refractivity contribution in [3.05, 3.63) is 61.5 Å². The SMILES string of the molecule is CCOc1ccc(C(Cl)c2ccc(Cl)cc2Br)cc1Br. The van der Waals surface area contributed by atoms with E-state index in [1.165, 1.54) is 0 Å². The molecular formula is C15H12Br2Cl2O. The van der Waals surface area contributed by atoms with Gasteiger partial charge in [-0.25, -0.2) is 0 Å². The molecule has 5 heteroatoms. The zero-order valence-electron chi connectivity index (χ0n) is 10.7. The van der Waals surface area contributed by atoms with Gasteiger partial charge >= 0.3 is 0 Å². The molecule has 0 N–H and O–H groups in total. The molecule has 1 nitrogen and oxygen atoms in total. The van der Waals surface area contributed by atoms with Gasteiger partial charge in [0.05, 0.1) is 16.5 Å². The molecule has 2 aromatic rings. The molecule has 0 aliphatic carbocycles. The van der Waals surface area contributed by atoms with Crippen LogP contribution in [0.3, 0.4) is 0 Å². The third kappa shape index (κ3) is 3.70. The molecular weight excluding hydrogens is 427 g/mol. The average molecular weight is 439 g/mol. The first-order valence-corrected chi connectivity index (χ1v) is 8.44.